The first kappa shape index (κ1) is 18.1. The third-order valence-corrected chi connectivity index (χ3v) is 4.21. The Hall–Kier alpha value is -2.25. The molecule has 0 aliphatic rings. The van der Waals surface area contributed by atoms with E-state index < -0.39 is 18.0 Å². The van der Waals surface area contributed by atoms with Crippen molar-refractivity contribution in [1.82, 2.24) is 5.32 Å². The molecule has 1 unspecified atom stereocenters. The van der Waals surface area contributed by atoms with Gasteiger partial charge in [0, 0.05) is 9.90 Å². The van der Waals surface area contributed by atoms with Crippen LogP contribution in [0.2, 0.25) is 5.02 Å². The van der Waals surface area contributed by atoms with E-state index >= 15 is 0 Å². The average molecular weight is 369 g/mol. The highest BCUT2D eigenvalue weighted by atomic mass is 35.5. The molecule has 0 fully saturated rings. The summed E-state index contributed by atoms with van der Waals surface area (Å²) in [5.74, 6) is 0.155. The van der Waals surface area contributed by atoms with Crippen LogP contribution in [0.3, 0.4) is 0 Å². The molecular weight excluding hydrogens is 352 g/mol. The van der Waals surface area contributed by atoms with Gasteiger partial charge in [-0.3, -0.25) is 4.79 Å². The van der Waals surface area contributed by atoms with Crippen molar-refractivity contribution >= 4 is 34.9 Å². The van der Waals surface area contributed by atoms with Gasteiger partial charge < -0.3 is 20.5 Å². The minimum atomic E-state index is -0.689. The molecule has 0 saturated heterocycles. The number of carbonyl (C=O) groups is 2. The van der Waals surface area contributed by atoms with Crippen LogP contribution in [0.25, 0.3) is 0 Å². The van der Waals surface area contributed by atoms with Crippen molar-refractivity contribution in [2.75, 3.05) is 13.2 Å². The van der Waals surface area contributed by atoms with E-state index in [2.05, 4.69) is 5.32 Å². The van der Waals surface area contributed by atoms with Crippen LogP contribution in [-0.2, 0) is 9.53 Å². The fourth-order valence-corrected chi connectivity index (χ4v) is 2.94. The predicted octanol–water partition coefficient (Wildman–Crippen LogP) is 3.12. The molecule has 0 aliphatic heterocycles. The van der Waals surface area contributed by atoms with Crippen molar-refractivity contribution in [3.8, 4) is 5.75 Å². The van der Waals surface area contributed by atoms with Crippen molar-refractivity contribution in [2.45, 2.75) is 12.5 Å². The third kappa shape index (κ3) is 6.10. The molecule has 2 amide bonds. The lowest BCUT2D eigenvalue weighted by molar-refractivity contribution is -0.144. The van der Waals surface area contributed by atoms with E-state index in [-0.39, 0.29) is 19.6 Å². The summed E-state index contributed by atoms with van der Waals surface area (Å²) in [5, 5.41) is 4.96. The zero-order valence-corrected chi connectivity index (χ0v) is 14.3. The standard InChI is InChI=1S/C16H17ClN2O4S/c17-11-3-1-4-12(9-11)22-6-7-23-15(20)10-13(19-16(18)21)14-5-2-8-24-14/h1-5,8-9,13H,6-7,10H2,(H3,18,19,21). The molecule has 0 radical (unpaired) electrons. The summed E-state index contributed by atoms with van der Waals surface area (Å²) < 4.78 is 10.5. The maximum atomic E-state index is 11.9. The summed E-state index contributed by atoms with van der Waals surface area (Å²) in [6.45, 7) is 0.304. The summed E-state index contributed by atoms with van der Waals surface area (Å²) >= 11 is 7.27. The Labute approximate surface area is 148 Å². The molecule has 8 heteroatoms. The van der Waals surface area contributed by atoms with Gasteiger partial charge >= 0.3 is 12.0 Å². The maximum Gasteiger partial charge on any atom is 0.312 e. The Kier molecular flexibility index (Phi) is 6.89. The average Bonchev–Trinajstić information content (AvgIpc) is 3.05. The number of thiophene rings is 1. The molecule has 1 heterocycles. The molecule has 1 atom stereocenters. The van der Waals surface area contributed by atoms with Crippen LogP contribution in [0, 0.1) is 0 Å². The number of esters is 1. The number of amides is 2. The number of hydrogen-bond donors (Lipinski definition) is 2. The number of nitrogens with one attached hydrogen (secondary N) is 1. The Balaban J connectivity index is 1.76. The molecule has 2 rings (SSSR count). The first-order valence-electron chi connectivity index (χ1n) is 7.18. The molecule has 128 valence electrons. The summed E-state index contributed by atoms with van der Waals surface area (Å²) in [7, 11) is 0. The second-order valence-electron chi connectivity index (χ2n) is 4.81. The Morgan fingerprint density at radius 1 is 1.25 bits per heavy atom. The number of carbonyl (C=O) groups excluding carboxylic acids is 2. The molecule has 2 aromatic rings. The van der Waals surface area contributed by atoms with Crippen LogP contribution >= 0.6 is 22.9 Å². The van der Waals surface area contributed by atoms with Crippen molar-refractivity contribution in [3.05, 3.63) is 51.7 Å². The van der Waals surface area contributed by atoms with Gasteiger partial charge in [-0.05, 0) is 29.6 Å². The van der Waals surface area contributed by atoms with Gasteiger partial charge in [-0.15, -0.1) is 11.3 Å². The number of rotatable bonds is 8. The van der Waals surface area contributed by atoms with Gasteiger partial charge in [-0.25, -0.2) is 4.79 Å². The minimum absolute atomic E-state index is 0.000614. The lowest BCUT2D eigenvalue weighted by Crippen LogP contribution is -2.34. The predicted molar refractivity (Wildman–Crippen MR) is 92.3 cm³/mol. The van der Waals surface area contributed by atoms with E-state index in [0.29, 0.717) is 10.8 Å². The van der Waals surface area contributed by atoms with Crippen LogP contribution in [0.15, 0.2) is 41.8 Å². The largest absolute Gasteiger partial charge is 0.490 e. The highest BCUT2D eigenvalue weighted by Crippen LogP contribution is 2.22. The molecule has 6 nitrogen and oxygen atoms in total. The SMILES string of the molecule is NC(=O)NC(CC(=O)OCCOc1cccc(Cl)c1)c1cccs1. The van der Waals surface area contributed by atoms with Crippen molar-refractivity contribution in [3.63, 3.8) is 0 Å². The summed E-state index contributed by atoms with van der Waals surface area (Å²) in [6.07, 6.45) is 0.000614. The van der Waals surface area contributed by atoms with E-state index in [1.165, 1.54) is 11.3 Å². The zero-order chi connectivity index (χ0) is 17.4. The van der Waals surface area contributed by atoms with Gasteiger partial charge in [-0.2, -0.15) is 0 Å². The molecule has 0 saturated carbocycles. The Bertz CT molecular complexity index is 678. The molecule has 0 spiro atoms. The molecule has 0 aliphatic carbocycles. The van der Waals surface area contributed by atoms with E-state index in [1.54, 1.807) is 24.3 Å². The third-order valence-electron chi connectivity index (χ3n) is 2.99. The molecule has 24 heavy (non-hydrogen) atoms. The lowest BCUT2D eigenvalue weighted by Gasteiger charge is -2.15. The number of nitrogens with two attached hydrogens (primary N) is 1. The monoisotopic (exact) mass is 368 g/mol. The van der Waals surface area contributed by atoms with E-state index in [1.807, 2.05) is 17.5 Å². The smallest absolute Gasteiger partial charge is 0.312 e. The van der Waals surface area contributed by atoms with E-state index in [4.69, 9.17) is 26.8 Å². The summed E-state index contributed by atoms with van der Waals surface area (Å²) in [6, 6.07) is 9.41. The van der Waals surface area contributed by atoms with Gasteiger partial charge in [0.15, 0.2) is 0 Å². The maximum absolute atomic E-state index is 11.9. The van der Waals surface area contributed by atoms with Crippen molar-refractivity contribution < 1.29 is 19.1 Å². The topological polar surface area (TPSA) is 90.7 Å². The molecule has 1 aromatic heterocycles. The van der Waals surface area contributed by atoms with Gasteiger partial charge in [0.1, 0.15) is 19.0 Å². The second kappa shape index (κ2) is 9.14. The summed E-state index contributed by atoms with van der Waals surface area (Å²) in [5.41, 5.74) is 5.15. The van der Waals surface area contributed by atoms with Gasteiger partial charge in [0.2, 0.25) is 0 Å². The number of benzene rings is 1. The molecule has 3 N–H and O–H groups in total. The van der Waals surface area contributed by atoms with Crippen LogP contribution in [0.1, 0.15) is 17.3 Å². The second-order valence-corrected chi connectivity index (χ2v) is 6.22. The van der Waals surface area contributed by atoms with Crippen LogP contribution in [0.4, 0.5) is 4.79 Å². The lowest BCUT2D eigenvalue weighted by atomic mass is 10.2. The molecular formula is C16H17ClN2O4S. The number of ether oxygens (including phenoxy) is 2. The first-order chi connectivity index (χ1) is 11.5. The van der Waals surface area contributed by atoms with Gasteiger partial charge in [0.25, 0.3) is 0 Å². The first-order valence-corrected chi connectivity index (χ1v) is 8.43. The van der Waals surface area contributed by atoms with Crippen molar-refractivity contribution in [2.24, 2.45) is 5.73 Å². The minimum Gasteiger partial charge on any atom is -0.490 e. The number of urea groups is 1. The highest BCUT2D eigenvalue weighted by molar-refractivity contribution is 7.10. The molecule has 0 bridgehead atoms. The number of primary amides is 1. The number of hydrogen-bond acceptors (Lipinski definition) is 5. The van der Waals surface area contributed by atoms with Crippen LogP contribution in [0.5, 0.6) is 5.75 Å². The fraction of sp³-hybridized carbons (Fsp3) is 0.250. The Morgan fingerprint density at radius 2 is 2.08 bits per heavy atom. The number of halogens is 1. The fourth-order valence-electron chi connectivity index (χ4n) is 1.98. The highest BCUT2D eigenvalue weighted by Gasteiger charge is 2.19. The Morgan fingerprint density at radius 3 is 2.75 bits per heavy atom. The molecule has 1 aromatic carbocycles. The van der Waals surface area contributed by atoms with Crippen LogP contribution in [-0.4, -0.2) is 25.2 Å². The van der Waals surface area contributed by atoms with Gasteiger partial charge in [-0.1, -0.05) is 23.7 Å². The van der Waals surface area contributed by atoms with E-state index in [0.717, 1.165) is 4.88 Å². The summed E-state index contributed by atoms with van der Waals surface area (Å²) in [4.78, 5) is 23.8. The van der Waals surface area contributed by atoms with Gasteiger partial charge in [0.05, 0.1) is 12.5 Å². The van der Waals surface area contributed by atoms with Crippen LogP contribution < -0.4 is 15.8 Å². The normalized spacial score (nSPS) is 11.5. The quantitative estimate of drug-likeness (QED) is 0.553. The van der Waals surface area contributed by atoms with E-state index in [9.17, 15) is 9.59 Å². The zero-order valence-electron chi connectivity index (χ0n) is 12.7. The van der Waals surface area contributed by atoms with Crippen molar-refractivity contribution in [1.29, 1.82) is 0 Å².